The van der Waals surface area contributed by atoms with Gasteiger partial charge in [0.2, 0.25) is 11.8 Å². The Hall–Kier alpha value is -2.22. The molecule has 0 aliphatic carbocycles. The van der Waals surface area contributed by atoms with Gasteiger partial charge in [0.15, 0.2) is 0 Å². The third-order valence-electron chi connectivity index (χ3n) is 3.11. The van der Waals surface area contributed by atoms with Crippen molar-refractivity contribution in [2.45, 2.75) is 12.6 Å². The molecular formula is C12H16N6O2. The number of hydrogen-bond acceptors (Lipinski definition) is 7. The molecule has 0 saturated carbocycles. The van der Waals surface area contributed by atoms with Crippen LogP contribution < -0.4 is 9.64 Å². The van der Waals surface area contributed by atoms with Crippen molar-refractivity contribution in [1.82, 2.24) is 24.7 Å². The van der Waals surface area contributed by atoms with Gasteiger partial charge in [-0.05, 0) is 0 Å². The summed E-state index contributed by atoms with van der Waals surface area (Å²) < 4.78 is 12.6. The van der Waals surface area contributed by atoms with Crippen molar-refractivity contribution in [3.05, 3.63) is 24.9 Å². The Morgan fingerprint density at radius 1 is 1.50 bits per heavy atom. The van der Waals surface area contributed by atoms with E-state index in [9.17, 15) is 0 Å². The number of morpholine rings is 1. The average Bonchev–Trinajstić information content (AvgIpc) is 3.00. The lowest BCUT2D eigenvalue weighted by atomic mass is 10.3. The van der Waals surface area contributed by atoms with Crippen molar-refractivity contribution in [3.8, 4) is 5.88 Å². The second kappa shape index (κ2) is 5.83. The van der Waals surface area contributed by atoms with Crippen molar-refractivity contribution in [2.75, 3.05) is 31.7 Å². The maximum atomic E-state index is 5.74. The Morgan fingerprint density at radius 2 is 2.45 bits per heavy atom. The fraction of sp³-hybridized carbons (Fsp3) is 0.500. The fourth-order valence-electron chi connectivity index (χ4n) is 2.15. The van der Waals surface area contributed by atoms with Crippen LogP contribution in [0, 0.1) is 0 Å². The summed E-state index contributed by atoms with van der Waals surface area (Å²) in [5.74, 6) is 1.23. The van der Waals surface area contributed by atoms with E-state index in [1.807, 2.05) is 0 Å². The van der Waals surface area contributed by atoms with Gasteiger partial charge in [-0.2, -0.15) is 10.1 Å². The lowest BCUT2D eigenvalue weighted by Gasteiger charge is -2.32. The summed E-state index contributed by atoms with van der Waals surface area (Å²) in [6, 6.07) is 1.73. The van der Waals surface area contributed by atoms with Crippen molar-refractivity contribution in [2.24, 2.45) is 0 Å². The number of nitrogens with zero attached hydrogens (tertiary/aromatic N) is 6. The van der Waals surface area contributed by atoms with Crippen LogP contribution in [0.3, 0.4) is 0 Å². The van der Waals surface area contributed by atoms with Gasteiger partial charge < -0.3 is 14.4 Å². The van der Waals surface area contributed by atoms with Crippen LogP contribution in [-0.4, -0.2) is 57.6 Å². The first-order valence-electron chi connectivity index (χ1n) is 6.41. The molecule has 0 amide bonds. The van der Waals surface area contributed by atoms with Gasteiger partial charge in [-0.3, -0.25) is 4.68 Å². The number of aromatic nitrogens is 5. The zero-order chi connectivity index (χ0) is 13.8. The highest BCUT2D eigenvalue weighted by Gasteiger charge is 2.23. The fourth-order valence-corrected chi connectivity index (χ4v) is 2.15. The van der Waals surface area contributed by atoms with Gasteiger partial charge in [0.1, 0.15) is 12.7 Å². The summed E-state index contributed by atoms with van der Waals surface area (Å²) in [5.41, 5.74) is 0. The Bertz CT molecular complexity index is 547. The quantitative estimate of drug-likeness (QED) is 0.776. The first-order chi connectivity index (χ1) is 9.85. The van der Waals surface area contributed by atoms with Crippen LogP contribution in [0.25, 0.3) is 0 Å². The Labute approximate surface area is 116 Å². The van der Waals surface area contributed by atoms with Gasteiger partial charge in [0.05, 0.1) is 26.4 Å². The summed E-state index contributed by atoms with van der Waals surface area (Å²) in [7, 11) is 1.60. The minimum absolute atomic E-state index is 0.0419. The molecule has 0 bridgehead atoms. The van der Waals surface area contributed by atoms with Gasteiger partial charge in [0, 0.05) is 25.4 Å². The highest BCUT2D eigenvalue weighted by atomic mass is 16.5. The minimum Gasteiger partial charge on any atom is -0.481 e. The van der Waals surface area contributed by atoms with Crippen molar-refractivity contribution >= 4 is 5.95 Å². The van der Waals surface area contributed by atoms with Gasteiger partial charge in [-0.15, -0.1) is 0 Å². The highest BCUT2D eigenvalue weighted by Crippen LogP contribution is 2.16. The summed E-state index contributed by atoms with van der Waals surface area (Å²) in [4.78, 5) is 14.7. The van der Waals surface area contributed by atoms with Gasteiger partial charge in [-0.1, -0.05) is 0 Å². The molecule has 0 aromatic carbocycles. The highest BCUT2D eigenvalue weighted by molar-refractivity contribution is 5.32. The van der Waals surface area contributed by atoms with E-state index in [2.05, 4.69) is 25.0 Å². The van der Waals surface area contributed by atoms with Crippen LogP contribution in [0.2, 0.25) is 0 Å². The molecule has 8 heteroatoms. The molecule has 1 fully saturated rings. The predicted octanol–water partition coefficient (Wildman–Crippen LogP) is -0.0179. The number of anilines is 1. The standard InChI is InChI=1S/C12H16N6O2/c1-19-11-2-3-14-12(16-11)17-4-5-20-10(6-17)7-18-9-13-8-15-18/h2-3,8-10H,4-7H2,1H3/t10-/m1/s1. The van der Waals surface area contributed by atoms with Crippen LogP contribution >= 0.6 is 0 Å². The van der Waals surface area contributed by atoms with E-state index in [1.165, 1.54) is 6.33 Å². The van der Waals surface area contributed by atoms with E-state index < -0.39 is 0 Å². The van der Waals surface area contributed by atoms with Gasteiger partial charge >= 0.3 is 0 Å². The second-order valence-corrected chi connectivity index (χ2v) is 4.46. The molecule has 2 aromatic heterocycles. The molecule has 8 nitrogen and oxygen atoms in total. The van der Waals surface area contributed by atoms with Crippen LogP contribution in [0.1, 0.15) is 0 Å². The molecule has 0 radical (unpaired) electrons. The third-order valence-corrected chi connectivity index (χ3v) is 3.11. The largest absolute Gasteiger partial charge is 0.481 e. The first-order valence-corrected chi connectivity index (χ1v) is 6.41. The summed E-state index contributed by atoms with van der Waals surface area (Å²) >= 11 is 0. The SMILES string of the molecule is COc1ccnc(N2CCO[C@@H](Cn3cncn3)C2)n1. The molecular weight excluding hydrogens is 260 g/mol. The number of hydrogen-bond donors (Lipinski definition) is 0. The Morgan fingerprint density at radius 3 is 3.25 bits per heavy atom. The van der Waals surface area contributed by atoms with E-state index >= 15 is 0 Å². The summed E-state index contributed by atoms with van der Waals surface area (Å²) in [6.07, 6.45) is 4.94. The molecule has 0 unspecified atom stereocenters. The van der Waals surface area contributed by atoms with Crippen LogP contribution in [0.4, 0.5) is 5.95 Å². The molecule has 20 heavy (non-hydrogen) atoms. The lowest BCUT2D eigenvalue weighted by molar-refractivity contribution is 0.0268. The van der Waals surface area contributed by atoms with Crippen molar-refractivity contribution in [1.29, 1.82) is 0 Å². The third kappa shape index (κ3) is 2.85. The molecule has 0 spiro atoms. The lowest BCUT2D eigenvalue weighted by Crippen LogP contribution is -2.45. The molecule has 1 atom stereocenters. The molecule has 1 aliphatic rings. The average molecular weight is 276 g/mol. The number of rotatable bonds is 4. The normalized spacial score (nSPS) is 19.1. The topological polar surface area (TPSA) is 78.2 Å². The van der Waals surface area contributed by atoms with Crippen LogP contribution in [-0.2, 0) is 11.3 Å². The molecule has 106 valence electrons. The minimum atomic E-state index is 0.0419. The van der Waals surface area contributed by atoms with E-state index in [4.69, 9.17) is 9.47 Å². The molecule has 3 rings (SSSR count). The molecule has 1 saturated heterocycles. The second-order valence-electron chi connectivity index (χ2n) is 4.46. The molecule has 2 aromatic rings. The Balaban J connectivity index is 1.68. The van der Waals surface area contributed by atoms with E-state index in [-0.39, 0.29) is 6.10 Å². The first kappa shape index (κ1) is 12.8. The molecule has 0 N–H and O–H groups in total. The maximum absolute atomic E-state index is 5.74. The molecule has 1 aliphatic heterocycles. The van der Waals surface area contributed by atoms with Crippen molar-refractivity contribution in [3.63, 3.8) is 0 Å². The van der Waals surface area contributed by atoms with Gasteiger partial charge in [0.25, 0.3) is 0 Å². The number of ether oxygens (including phenoxy) is 2. The van der Waals surface area contributed by atoms with Crippen LogP contribution in [0.15, 0.2) is 24.9 Å². The number of methoxy groups -OCH3 is 1. The van der Waals surface area contributed by atoms with Gasteiger partial charge in [-0.25, -0.2) is 9.97 Å². The molecule has 3 heterocycles. The van der Waals surface area contributed by atoms with Crippen LogP contribution in [0.5, 0.6) is 5.88 Å². The van der Waals surface area contributed by atoms with E-state index in [0.29, 0.717) is 31.5 Å². The van der Waals surface area contributed by atoms with E-state index in [0.717, 1.165) is 6.54 Å². The predicted molar refractivity (Wildman–Crippen MR) is 70.6 cm³/mol. The zero-order valence-corrected chi connectivity index (χ0v) is 11.2. The Kier molecular flexibility index (Phi) is 3.73. The monoisotopic (exact) mass is 276 g/mol. The summed E-state index contributed by atoms with van der Waals surface area (Å²) in [5, 5.41) is 4.09. The maximum Gasteiger partial charge on any atom is 0.228 e. The summed E-state index contributed by atoms with van der Waals surface area (Å²) in [6.45, 7) is 2.79. The zero-order valence-electron chi connectivity index (χ0n) is 11.2. The van der Waals surface area contributed by atoms with E-state index in [1.54, 1.807) is 30.4 Å². The smallest absolute Gasteiger partial charge is 0.228 e. The van der Waals surface area contributed by atoms with Crippen molar-refractivity contribution < 1.29 is 9.47 Å².